The summed E-state index contributed by atoms with van der Waals surface area (Å²) in [6, 6.07) is 22.2. The first-order valence-electron chi connectivity index (χ1n) is 12.4. The molecule has 11 heteroatoms. The van der Waals surface area contributed by atoms with Crippen molar-refractivity contribution in [1.29, 1.82) is 0 Å². The van der Waals surface area contributed by atoms with Crippen molar-refractivity contribution in [2.45, 2.75) is 32.2 Å². The van der Waals surface area contributed by atoms with E-state index in [0.717, 1.165) is 16.7 Å². The van der Waals surface area contributed by atoms with Crippen molar-refractivity contribution >= 4 is 50.4 Å². The lowest BCUT2D eigenvalue weighted by molar-refractivity contribution is -0.121. The number of rotatable bonds is 10. The van der Waals surface area contributed by atoms with Crippen LogP contribution in [0.2, 0.25) is 0 Å². The minimum absolute atomic E-state index is 0.0875. The Morgan fingerprint density at radius 3 is 2.36 bits per heavy atom. The molecule has 1 heterocycles. The summed E-state index contributed by atoms with van der Waals surface area (Å²) in [7, 11) is -2.06. The SMILES string of the molecule is N/C1=C(\N)c2ccccc2N(C(=O)CCCC(=O)NCCc2ccc(OP(O)OS)cc2)Cc2ccccc21. The zero-order valence-corrected chi connectivity index (χ0v) is 23.0. The van der Waals surface area contributed by atoms with E-state index in [1.165, 1.54) is 0 Å². The van der Waals surface area contributed by atoms with Crippen molar-refractivity contribution in [2.75, 3.05) is 11.4 Å². The van der Waals surface area contributed by atoms with Crippen LogP contribution in [0.5, 0.6) is 5.75 Å². The van der Waals surface area contributed by atoms with E-state index < -0.39 is 8.60 Å². The summed E-state index contributed by atoms with van der Waals surface area (Å²) in [5.74, 6) is 0.261. The van der Waals surface area contributed by atoms with Crippen LogP contribution in [0, 0.1) is 0 Å². The zero-order chi connectivity index (χ0) is 27.8. The quantitative estimate of drug-likeness (QED) is 0.140. The number of nitrogens with one attached hydrogen (secondary N) is 1. The van der Waals surface area contributed by atoms with Crippen molar-refractivity contribution in [3.8, 4) is 5.75 Å². The Morgan fingerprint density at radius 2 is 1.62 bits per heavy atom. The number of anilines is 1. The van der Waals surface area contributed by atoms with Gasteiger partial charge < -0.3 is 31.1 Å². The van der Waals surface area contributed by atoms with Gasteiger partial charge in [0.15, 0.2) is 0 Å². The van der Waals surface area contributed by atoms with Gasteiger partial charge in [-0.05, 0) is 55.1 Å². The van der Waals surface area contributed by atoms with Crippen LogP contribution < -0.4 is 26.2 Å². The molecule has 0 saturated heterocycles. The molecule has 9 nitrogen and oxygen atoms in total. The van der Waals surface area contributed by atoms with Gasteiger partial charge in [0.25, 0.3) is 0 Å². The smallest absolute Gasteiger partial charge is 0.406 e. The van der Waals surface area contributed by atoms with E-state index in [1.54, 1.807) is 17.0 Å². The molecule has 0 fully saturated rings. The molecule has 39 heavy (non-hydrogen) atoms. The number of thiol groups is 1. The number of carbonyl (C=O) groups excluding carboxylic acids is 2. The summed E-state index contributed by atoms with van der Waals surface area (Å²) in [5.41, 5.74) is 17.9. The summed E-state index contributed by atoms with van der Waals surface area (Å²) >= 11 is 3.51. The maximum atomic E-state index is 13.4. The van der Waals surface area contributed by atoms with Crippen LogP contribution in [0.3, 0.4) is 0 Å². The van der Waals surface area contributed by atoms with Gasteiger partial charge in [-0.2, -0.15) is 0 Å². The van der Waals surface area contributed by atoms with E-state index in [-0.39, 0.29) is 24.7 Å². The predicted octanol–water partition coefficient (Wildman–Crippen LogP) is 4.27. The first-order valence-corrected chi connectivity index (χ1v) is 13.9. The fourth-order valence-electron chi connectivity index (χ4n) is 4.42. The van der Waals surface area contributed by atoms with Gasteiger partial charge in [-0.1, -0.05) is 54.6 Å². The Hall–Kier alpha value is -3.56. The summed E-state index contributed by atoms with van der Waals surface area (Å²) in [5, 5.41) is 2.90. The van der Waals surface area contributed by atoms with Crippen molar-refractivity contribution in [3.05, 3.63) is 95.1 Å². The fraction of sp³-hybridized carbons (Fsp3) is 0.214. The highest BCUT2D eigenvalue weighted by atomic mass is 32.1. The Kier molecular flexibility index (Phi) is 9.84. The monoisotopic (exact) mass is 566 g/mol. The number of nitrogens with zero attached hydrogens (tertiary/aromatic N) is 1. The fourth-order valence-corrected chi connectivity index (χ4v) is 4.85. The molecule has 1 aliphatic heterocycles. The third kappa shape index (κ3) is 7.30. The normalized spacial score (nSPS) is 15.4. The standard InChI is InChI=1S/C28H31N4O5PS/c29-27-22-7-2-1-6-20(22)18-32(24-9-4-3-8-23(24)28(27)30)26(34)11-5-10-25(33)31-17-16-19-12-14-21(15-13-19)36-38(35)37-39/h1-4,6-9,12-15,35,39H,5,10-11,16-18,29-30H2,(H,31,33)/b28-27-. The molecule has 1 unspecified atom stereocenters. The van der Waals surface area contributed by atoms with Gasteiger partial charge in [0.2, 0.25) is 11.8 Å². The lowest BCUT2D eigenvalue weighted by Crippen LogP contribution is -2.33. The highest BCUT2D eigenvalue weighted by Gasteiger charge is 2.25. The Bertz CT molecular complexity index is 1350. The van der Waals surface area contributed by atoms with E-state index in [1.807, 2.05) is 60.7 Å². The molecule has 0 bridgehead atoms. The van der Waals surface area contributed by atoms with Gasteiger partial charge in [0.05, 0.1) is 23.6 Å². The molecule has 3 aromatic carbocycles. The average Bonchev–Trinajstić information content (AvgIpc) is 2.95. The Labute approximate surface area is 234 Å². The maximum Gasteiger partial charge on any atom is 0.406 e. The van der Waals surface area contributed by atoms with E-state index in [9.17, 15) is 14.5 Å². The number of nitrogens with two attached hydrogens (primary N) is 2. The molecule has 1 aliphatic rings. The summed E-state index contributed by atoms with van der Waals surface area (Å²) in [4.78, 5) is 36.9. The number of carbonyl (C=O) groups is 2. The first kappa shape index (κ1) is 28.4. The van der Waals surface area contributed by atoms with Crippen LogP contribution in [-0.2, 0) is 26.5 Å². The third-order valence-electron chi connectivity index (χ3n) is 6.42. The first-order chi connectivity index (χ1) is 18.9. The molecule has 2 amide bonds. The lowest BCUT2D eigenvalue weighted by Gasteiger charge is -2.29. The molecule has 4 rings (SSSR count). The van der Waals surface area contributed by atoms with Crippen molar-refractivity contribution < 1.29 is 23.0 Å². The number of amides is 2. The third-order valence-corrected chi connectivity index (χ3v) is 7.35. The minimum atomic E-state index is -2.06. The van der Waals surface area contributed by atoms with Crippen molar-refractivity contribution in [2.24, 2.45) is 11.5 Å². The average molecular weight is 567 g/mol. The zero-order valence-electron chi connectivity index (χ0n) is 21.2. The molecular weight excluding hydrogens is 535 g/mol. The summed E-state index contributed by atoms with van der Waals surface area (Å²) in [6.45, 7) is 0.820. The van der Waals surface area contributed by atoms with Crippen LogP contribution in [-0.4, -0.2) is 23.3 Å². The van der Waals surface area contributed by atoms with E-state index >= 15 is 0 Å². The van der Waals surface area contributed by atoms with Crippen LogP contribution in [0.25, 0.3) is 11.4 Å². The number of benzene rings is 3. The molecule has 0 radical (unpaired) electrons. The van der Waals surface area contributed by atoms with Gasteiger partial charge in [-0.3, -0.25) is 9.59 Å². The maximum absolute atomic E-state index is 13.4. The van der Waals surface area contributed by atoms with Crippen LogP contribution in [0.1, 0.15) is 41.5 Å². The van der Waals surface area contributed by atoms with E-state index in [2.05, 4.69) is 22.2 Å². The van der Waals surface area contributed by atoms with E-state index in [0.29, 0.717) is 54.3 Å². The molecule has 0 aromatic heterocycles. The van der Waals surface area contributed by atoms with Crippen LogP contribution in [0.4, 0.5) is 5.69 Å². The second kappa shape index (κ2) is 13.5. The van der Waals surface area contributed by atoms with Gasteiger partial charge in [0.1, 0.15) is 5.75 Å². The molecule has 0 spiro atoms. The second-order valence-electron chi connectivity index (χ2n) is 8.99. The highest BCUT2D eigenvalue weighted by Crippen LogP contribution is 2.36. The molecular formula is C28H31N4O5PS. The number of fused-ring (bicyclic) bond motifs is 2. The number of hydrogen-bond donors (Lipinski definition) is 5. The van der Waals surface area contributed by atoms with Gasteiger partial charge in [-0.15, -0.1) is 0 Å². The Morgan fingerprint density at radius 1 is 0.949 bits per heavy atom. The summed E-state index contributed by atoms with van der Waals surface area (Å²) < 4.78 is 9.55. The Balaban J connectivity index is 1.31. The van der Waals surface area contributed by atoms with Crippen molar-refractivity contribution in [3.63, 3.8) is 0 Å². The number of para-hydroxylation sites is 1. The van der Waals surface area contributed by atoms with Crippen LogP contribution >= 0.6 is 21.5 Å². The highest BCUT2D eigenvalue weighted by molar-refractivity contribution is 7.79. The molecule has 0 saturated carbocycles. The predicted molar refractivity (Wildman–Crippen MR) is 156 cm³/mol. The van der Waals surface area contributed by atoms with E-state index in [4.69, 9.17) is 16.0 Å². The molecule has 6 N–H and O–H groups in total. The molecule has 3 aromatic rings. The van der Waals surface area contributed by atoms with Crippen molar-refractivity contribution in [1.82, 2.24) is 5.32 Å². The van der Waals surface area contributed by atoms with Gasteiger partial charge in [-0.25, -0.2) is 3.97 Å². The van der Waals surface area contributed by atoms with Crippen LogP contribution in [0.15, 0.2) is 72.8 Å². The van der Waals surface area contributed by atoms with Gasteiger partial charge in [0, 0.05) is 30.5 Å². The number of hydrogen-bond acceptors (Lipinski definition) is 8. The largest absolute Gasteiger partial charge is 0.426 e. The minimum Gasteiger partial charge on any atom is -0.426 e. The summed E-state index contributed by atoms with van der Waals surface area (Å²) in [6.07, 6.45) is 1.50. The second-order valence-corrected chi connectivity index (χ2v) is 10.3. The van der Waals surface area contributed by atoms with Gasteiger partial charge >= 0.3 is 8.60 Å². The topological polar surface area (TPSA) is 140 Å². The molecule has 1 atom stereocenters. The lowest BCUT2D eigenvalue weighted by atomic mass is 9.96. The molecule has 0 aliphatic carbocycles. The molecule has 204 valence electrons.